The number of carbonyl (C=O) groups excluding carboxylic acids is 1. The van der Waals surface area contributed by atoms with Gasteiger partial charge < -0.3 is 44.4 Å². The molecule has 2 aliphatic heterocycles. The van der Waals surface area contributed by atoms with E-state index in [0.717, 1.165) is 14.5 Å². The van der Waals surface area contributed by atoms with Gasteiger partial charge in [0.05, 0.1) is 58.4 Å². The van der Waals surface area contributed by atoms with Crippen molar-refractivity contribution in [1.29, 1.82) is 0 Å². The van der Waals surface area contributed by atoms with Crippen molar-refractivity contribution >= 4 is 61.7 Å². The van der Waals surface area contributed by atoms with Crippen molar-refractivity contribution < 1.29 is 57.7 Å². The zero-order valence-corrected chi connectivity index (χ0v) is 28.2. The third-order valence-electron chi connectivity index (χ3n) is 8.21. The highest BCUT2D eigenvalue weighted by Crippen LogP contribution is 2.36. The summed E-state index contributed by atoms with van der Waals surface area (Å²) in [6.07, 6.45) is -5.25. The second-order valence-corrected chi connectivity index (χ2v) is 12.6. The van der Waals surface area contributed by atoms with E-state index in [9.17, 15) is 53.5 Å². The Morgan fingerprint density at radius 2 is 1.39 bits per heavy atom. The Balaban J connectivity index is 0.000000210. The Bertz CT molecular complexity index is 2020. The fraction of sp³-hybridized carbons (Fsp3) is 0.387. The number of halogens is 4. The largest absolute Gasteiger partial charge is 0.471 e. The van der Waals surface area contributed by atoms with Crippen LogP contribution in [0.5, 0.6) is 0 Å². The smallest absolute Gasteiger partial charge is 0.394 e. The topological polar surface area (TPSA) is 225 Å². The van der Waals surface area contributed by atoms with Crippen LogP contribution in [-0.4, -0.2) is 95.7 Å². The third kappa shape index (κ3) is 8.25. The molecule has 0 bridgehead atoms. The maximum absolute atomic E-state index is 12.2. The van der Waals surface area contributed by atoms with Crippen LogP contribution in [0.3, 0.4) is 0 Å². The maximum atomic E-state index is 12.2. The molecule has 0 aliphatic carbocycles. The van der Waals surface area contributed by atoms with E-state index in [1.807, 2.05) is 10.8 Å². The molecule has 2 saturated heterocycles. The number of rotatable bonds is 7. The zero-order valence-electron chi connectivity index (χ0n) is 26.1. The number of nitro groups is 2. The standard InChI is InChI=1S/C18H16F3N3O6.C13H13IN2O5/c19-18(20,21)17(27)22-5-1-2-10-8-23(16-7-14(26)15(9-25)30-16)13-4-3-11(24(28)29)6-12(10)13;14-9-5-15(13-4-11(18)12(6-17)21-13)10-2-1-7(16(19)20)3-8(9)10/h3-4,6,8,14-16,25-26H,5,7,9H2,(H,22,27);1-3,5,11-13,17-18H,4,6H2. The highest BCUT2D eigenvalue weighted by atomic mass is 127. The Hall–Kier alpha value is -4.37. The Morgan fingerprint density at radius 1 is 0.902 bits per heavy atom. The molecule has 272 valence electrons. The maximum Gasteiger partial charge on any atom is 0.471 e. The molecule has 1 amide bonds. The van der Waals surface area contributed by atoms with Gasteiger partial charge in [0.2, 0.25) is 0 Å². The Labute approximate surface area is 298 Å². The number of non-ortho nitro benzene ring substituents is 2. The van der Waals surface area contributed by atoms with Crippen molar-refractivity contribution in [3.05, 3.63) is 78.2 Å². The molecule has 20 heteroatoms. The summed E-state index contributed by atoms with van der Waals surface area (Å²) in [5.74, 6) is 2.85. The number of aliphatic hydroxyl groups excluding tert-OH is 4. The highest BCUT2D eigenvalue weighted by molar-refractivity contribution is 14.1. The van der Waals surface area contributed by atoms with Gasteiger partial charge in [-0.2, -0.15) is 13.2 Å². The van der Waals surface area contributed by atoms with Crippen LogP contribution in [0, 0.1) is 35.6 Å². The van der Waals surface area contributed by atoms with Crippen molar-refractivity contribution in [1.82, 2.24) is 14.5 Å². The van der Waals surface area contributed by atoms with Crippen LogP contribution < -0.4 is 5.32 Å². The first-order valence-electron chi connectivity index (χ1n) is 15.1. The van der Waals surface area contributed by atoms with Gasteiger partial charge in [0, 0.05) is 63.8 Å². The number of fused-ring (bicyclic) bond motifs is 2. The summed E-state index contributed by atoms with van der Waals surface area (Å²) in [7, 11) is 0. The van der Waals surface area contributed by atoms with E-state index in [1.165, 1.54) is 36.5 Å². The van der Waals surface area contributed by atoms with E-state index >= 15 is 0 Å². The SMILES string of the molecule is O=C(NCC#Cc1cn(C2CC(O)C(CO)O2)c2ccc([N+](=O)[O-])cc12)C(F)(F)F.O=[N+]([O-])c1ccc2c(c1)c(I)cn2C1CC(O)C(CO)O1. The number of nitrogens with zero attached hydrogens (tertiary/aromatic N) is 4. The number of benzene rings is 2. The predicted molar refractivity (Wildman–Crippen MR) is 179 cm³/mol. The number of nitrogens with one attached hydrogen (secondary N) is 1. The van der Waals surface area contributed by atoms with Crippen molar-refractivity contribution in [3.8, 4) is 11.8 Å². The molecule has 16 nitrogen and oxygen atoms in total. The van der Waals surface area contributed by atoms with Gasteiger partial charge in [0.15, 0.2) is 0 Å². The van der Waals surface area contributed by atoms with Gasteiger partial charge in [0.25, 0.3) is 11.4 Å². The fourth-order valence-electron chi connectivity index (χ4n) is 5.71. The zero-order chi connectivity index (χ0) is 37.2. The molecule has 0 spiro atoms. The van der Waals surface area contributed by atoms with Gasteiger partial charge >= 0.3 is 12.1 Å². The molecule has 0 saturated carbocycles. The van der Waals surface area contributed by atoms with E-state index < -0.39 is 65.7 Å². The molecule has 0 radical (unpaired) electrons. The van der Waals surface area contributed by atoms with E-state index in [2.05, 4.69) is 34.4 Å². The lowest BCUT2D eigenvalue weighted by Crippen LogP contribution is -2.36. The molecule has 4 aromatic rings. The van der Waals surface area contributed by atoms with Gasteiger partial charge in [-0.25, -0.2) is 0 Å². The van der Waals surface area contributed by atoms with E-state index in [0.29, 0.717) is 17.3 Å². The van der Waals surface area contributed by atoms with E-state index in [4.69, 9.17) is 14.6 Å². The van der Waals surface area contributed by atoms with Gasteiger partial charge in [-0.1, -0.05) is 11.8 Å². The van der Waals surface area contributed by atoms with Crippen molar-refractivity contribution in [2.45, 2.75) is 55.9 Å². The molecule has 2 aromatic heterocycles. The van der Waals surface area contributed by atoms with Gasteiger partial charge in [-0.05, 0) is 34.7 Å². The van der Waals surface area contributed by atoms with Gasteiger partial charge in [-0.3, -0.25) is 25.0 Å². The number of ether oxygens (including phenoxy) is 2. The quantitative estimate of drug-likeness (QED) is 0.0788. The minimum absolute atomic E-state index is 0.0405. The van der Waals surface area contributed by atoms with Gasteiger partial charge in [0.1, 0.15) is 24.7 Å². The summed E-state index contributed by atoms with van der Waals surface area (Å²) in [6, 6.07) is 8.66. The van der Waals surface area contributed by atoms with Crippen LogP contribution >= 0.6 is 22.6 Å². The lowest BCUT2D eigenvalue weighted by molar-refractivity contribution is -0.384. The van der Waals surface area contributed by atoms with Crippen molar-refractivity contribution in [3.63, 3.8) is 0 Å². The second-order valence-electron chi connectivity index (χ2n) is 11.5. The number of carbonyl (C=O) groups is 1. The predicted octanol–water partition coefficient (Wildman–Crippen LogP) is 3.02. The number of aromatic nitrogens is 2. The lowest BCUT2D eigenvalue weighted by Gasteiger charge is -2.14. The lowest BCUT2D eigenvalue weighted by atomic mass is 10.1. The molecule has 2 aliphatic rings. The molecular weight excluding hydrogens is 802 g/mol. The normalized spacial score (nSPS) is 23.1. The number of nitro benzene ring substituents is 2. The highest BCUT2D eigenvalue weighted by Gasteiger charge is 2.38. The average molecular weight is 831 g/mol. The molecule has 51 heavy (non-hydrogen) atoms. The molecule has 2 fully saturated rings. The van der Waals surface area contributed by atoms with E-state index in [-0.39, 0.29) is 36.2 Å². The second kappa shape index (κ2) is 15.5. The molecule has 6 unspecified atom stereocenters. The summed E-state index contributed by atoms with van der Waals surface area (Å²) < 4.78 is 52.2. The van der Waals surface area contributed by atoms with Crippen molar-refractivity contribution in [2.75, 3.05) is 19.8 Å². The Morgan fingerprint density at radius 3 is 1.86 bits per heavy atom. The summed E-state index contributed by atoms with van der Waals surface area (Å²) >= 11 is 2.11. The summed E-state index contributed by atoms with van der Waals surface area (Å²) in [5, 5.41) is 62.9. The first-order valence-corrected chi connectivity index (χ1v) is 16.2. The molecular formula is C31H29F3IN5O11. The first-order chi connectivity index (χ1) is 24.1. The minimum atomic E-state index is -5.03. The van der Waals surface area contributed by atoms with Crippen LogP contribution in [0.4, 0.5) is 24.5 Å². The van der Waals surface area contributed by atoms with Crippen LogP contribution in [0.25, 0.3) is 21.8 Å². The average Bonchev–Trinajstić information content (AvgIpc) is 3.84. The van der Waals surface area contributed by atoms with Crippen LogP contribution in [0.2, 0.25) is 0 Å². The van der Waals surface area contributed by atoms with Gasteiger partial charge in [-0.15, -0.1) is 0 Å². The number of aliphatic hydroxyl groups is 4. The molecule has 6 rings (SSSR count). The van der Waals surface area contributed by atoms with E-state index in [1.54, 1.807) is 16.0 Å². The monoisotopic (exact) mass is 831 g/mol. The third-order valence-corrected chi connectivity index (χ3v) is 9.07. The first kappa shape index (κ1) is 37.9. The number of hydrogen-bond donors (Lipinski definition) is 5. The molecule has 5 N–H and O–H groups in total. The summed E-state index contributed by atoms with van der Waals surface area (Å²) in [5.41, 5.74) is 1.38. The molecule has 6 atom stereocenters. The van der Waals surface area contributed by atoms with Crippen LogP contribution in [-0.2, 0) is 14.3 Å². The summed E-state index contributed by atoms with van der Waals surface area (Å²) in [6.45, 7) is -1.21. The Kier molecular flexibility index (Phi) is 11.5. The van der Waals surface area contributed by atoms with Crippen LogP contribution in [0.15, 0.2) is 48.8 Å². The number of amides is 1. The number of alkyl halides is 3. The number of hydrogen-bond acceptors (Lipinski definition) is 11. The molecule has 2 aromatic carbocycles. The minimum Gasteiger partial charge on any atom is -0.394 e. The van der Waals surface area contributed by atoms with Crippen molar-refractivity contribution in [2.24, 2.45) is 0 Å². The van der Waals surface area contributed by atoms with Crippen LogP contribution in [0.1, 0.15) is 30.9 Å². The fourth-order valence-corrected chi connectivity index (χ4v) is 6.44. The summed E-state index contributed by atoms with van der Waals surface area (Å²) in [4.78, 5) is 31.8. The molecule has 4 heterocycles.